The number of aliphatic imine (C=N–C) groups is 1. The van der Waals surface area contributed by atoms with E-state index >= 15 is 0 Å². The van der Waals surface area contributed by atoms with Crippen LogP contribution >= 0.6 is 11.3 Å². The van der Waals surface area contributed by atoms with Crippen molar-refractivity contribution in [1.29, 1.82) is 0 Å². The van der Waals surface area contributed by atoms with Crippen molar-refractivity contribution in [3.63, 3.8) is 0 Å². The molecule has 2 aromatic rings. The fourth-order valence-electron chi connectivity index (χ4n) is 2.77. The standard InChI is InChI=1S/C18H20N2O3S/c1-4-23-11-5-6-13-16(7-11)24-17(20-13)19-10-12-14(21)8-18(2,3)9-15(12)22/h5-7,10,21H,4,8-9H2,1-3H3. The highest BCUT2D eigenvalue weighted by atomic mass is 32.1. The van der Waals surface area contributed by atoms with Gasteiger partial charge in [0.2, 0.25) is 5.13 Å². The number of thiazole rings is 1. The predicted octanol–water partition coefficient (Wildman–Crippen LogP) is 4.60. The van der Waals surface area contributed by atoms with Crippen LogP contribution in [0.5, 0.6) is 5.75 Å². The lowest BCUT2D eigenvalue weighted by atomic mass is 9.77. The number of hydrogen-bond donors (Lipinski definition) is 1. The van der Waals surface area contributed by atoms with E-state index in [9.17, 15) is 9.90 Å². The molecule has 1 N–H and O–H groups in total. The molecule has 1 aromatic heterocycles. The number of fused-ring (bicyclic) bond motifs is 1. The summed E-state index contributed by atoms with van der Waals surface area (Å²) in [5.41, 5.74) is 0.929. The number of carbonyl (C=O) groups excluding carboxylic acids is 1. The van der Waals surface area contributed by atoms with Gasteiger partial charge in [-0.1, -0.05) is 25.2 Å². The molecule has 1 aliphatic carbocycles. The van der Waals surface area contributed by atoms with E-state index in [0.29, 0.717) is 30.2 Å². The average Bonchev–Trinajstić information content (AvgIpc) is 2.87. The first-order chi connectivity index (χ1) is 11.4. The van der Waals surface area contributed by atoms with Crippen LogP contribution in [0, 0.1) is 5.41 Å². The molecule has 0 atom stereocenters. The number of benzene rings is 1. The number of Topliss-reactive ketones (excluding diaryl/α,β-unsaturated/α-hetero) is 1. The molecule has 0 aliphatic heterocycles. The zero-order valence-corrected chi connectivity index (χ0v) is 14.8. The number of ether oxygens (including phenoxy) is 1. The second-order valence-electron chi connectivity index (χ2n) is 6.62. The molecular weight excluding hydrogens is 324 g/mol. The molecule has 6 heteroatoms. The van der Waals surface area contributed by atoms with Gasteiger partial charge >= 0.3 is 0 Å². The van der Waals surface area contributed by atoms with Gasteiger partial charge in [0.15, 0.2) is 5.78 Å². The van der Waals surface area contributed by atoms with Gasteiger partial charge in [0.05, 0.1) is 22.4 Å². The first-order valence-corrected chi connectivity index (χ1v) is 8.72. The van der Waals surface area contributed by atoms with Gasteiger partial charge in [-0.2, -0.15) is 0 Å². The molecule has 0 bridgehead atoms. The lowest BCUT2D eigenvalue weighted by molar-refractivity contribution is -0.117. The second-order valence-corrected chi connectivity index (χ2v) is 7.63. The molecule has 24 heavy (non-hydrogen) atoms. The van der Waals surface area contributed by atoms with Crippen molar-refractivity contribution in [2.24, 2.45) is 10.4 Å². The molecule has 0 saturated carbocycles. The Morgan fingerprint density at radius 3 is 2.92 bits per heavy atom. The van der Waals surface area contributed by atoms with Gasteiger partial charge < -0.3 is 9.84 Å². The molecule has 126 valence electrons. The second kappa shape index (κ2) is 6.36. The van der Waals surface area contributed by atoms with Crippen LogP contribution in [0.4, 0.5) is 5.13 Å². The molecular formula is C18H20N2O3S. The predicted molar refractivity (Wildman–Crippen MR) is 96.6 cm³/mol. The highest BCUT2D eigenvalue weighted by Gasteiger charge is 2.32. The maximum absolute atomic E-state index is 12.2. The average molecular weight is 344 g/mol. The Hall–Kier alpha value is -2.21. The van der Waals surface area contributed by atoms with Gasteiger partial charge in [-0.05, 0) is 30.5 Å². The molecule has 0 fully saturated rings. The first kappa shape index (κ1) is 16.6. The number of hydrogen-bond acceptors (Lipinski definition) is 6. The molecule has 0 amide bonds. The van der Waals surface area contributed by atoms with Gasteiger partial charge in [0.25, 0.3) is 0 Å². The summed E-state index contributed by atoms with van der Waals surface area (Å²) >= 11 is 1.42. The Balaban J connectivity index is 1.86. The Morgan fingerprint density at radius 2 is 2.21 bits per heavy atom. The fraction of sp³-hybridized carbons (Fsp3) is 0.389. The zero-order chi connectivity index (χ0) is 17.3. The Bertz CT molecular complexity index is 849. The maximum atomic E-state index is 12.2. The van der Waals surface area contributed by atoms with Crippen LogP contribution in [0.25, 0.3) is 10.2 Å². The summed E-state index contributed by atoms with van der Waals surface area (Å²) in [6, 6.07) is 5.70. The first-order valence-electron chi connectivity index (χ1n) is 7.91. The normalized spacial score (nSPS) is 17.9. The van der Waals surface area contributed by atoms with Gasteiger partial charge in [0, 0.05) is 19.1 Å². The van der Waals surface area contributed by atoms with Crippen LogP contribution in [0.15, 0.2) is 34.5 Å². The highest BCUT2D eigenvalue weighted by molar-refractivity contribution is 7.22. The molecule has 3 rings (SSSR count). The number of carbonyl (C=O) groups is 1. The smallest absolute Gasteiger partial charge is 0.210 e. The number of aliphatic hydroxyl groups excluding tert-OH is 1. The summed E-state index contributed by atoms with van der Waals surface area (Å²) in [7, 11) is 0. The monoisotopic (exact) mass is 344 g/mol. The lowest BCUT2D eigenvalue weighted by Crippen LogP contribution is -2.26. The van der Waals surface area contributed by atoms with Gasteiger partial charge in [0.1, 0.15) is 11.5 Å². The van der Waals surface area contributed by atoms with E-state index in [1.165, 1.54) is 17.6 Å². The van der Waals surface area contributed by atoms with E-state index in [2.05, 4.69) is 9.98 Å². The minimum absolute atomic E-state index is 0.0766. The molecule has 1 heterocycles. The third-order valence-corrected chi connectivity index (χ3v) is 4.79. The van der Waals surface area contributed by atoms with E-state index in [-0.39, 0.29) is 17.0 Å². The molecule has 0 radical (unpaired) electrons. The van der Waals surface area contributed by atoms with Crippen LogP contribution < -0.4 is 4.74 Å². The third kappa shape index (κ3) is 3.48. The number of aliphatic hydroxyl groups is 1. The van der Waals surface area contributed by atoms with Crippen molar-refractivity contribution in [2.75, 3.05) is 6.61 Å². The number of ketones is 1. The van der Waals surface area contributed by atoms with E-state index in [0.717, 1.165) is 16.0 Å². The van der Waals surface area contributed by atoms with Gasteiger partial charge in [-0.3, -0.25) is 4.79 Å². The fourth-order valence-corrected chi connectivity index (χ4v) is 3.61. The minimum atomic E-state index is -0.204. The maximum Gasteiger partial charge on any atom is 0.210 e. The summed E-state index contributed by atoms with van der Waals surface area (Å²) in [4.78, 5) is 20.9. The SMILES string of the molecule is CCOc1ccc2nc(N=CC3=C(O)CC(C)(C)CC3=O)sc2c1. The van der Waals surface area contributed by atoms with Crippen LogP contribution in [-0.4, -0.2) is 28.7 Å². The van der Waals surface area contributed by atoms with Crippen molar-refractivity contribution in [1.82, 2.24) is 4.98 Å². The van der Waals surface area contributed by atoms with E-state index in [1.54, 1.807) is 0 Å². The van der Waals surface area contributed by atoms with Crippen LogP contribution in [-0.2, 0) is 4.79 Å². The molecule has 0 saturated heterocycles. The van der Waals surface area contributed by atoms with Crippen molar-refractivity contribution in [3.05, 3.63) is 29.5 Å². The molecule has 0 spiro atoms. The Labute approximate surface area is 144 Å². The summed E-state index contributed by atoms with van der Waals surface area (Å²) < 4.78 is 6.46. The van der Waals surface area contributed by atoms with Crippen molar-refractivity contribution < 1.29 is 14.6 Å². The summed E-state index contributed by atoms with van der Waals surface area (Å²) in [5.74, 6) is 0.834. The molecule has 5 nitrogen and oxygen atoms in total. The van der Waals surface area contributed by atoms with E-state index in [4.69, 9.17) is 4.74 Å². The molecule has 0 unspecified atom stereocenters. The quantitative estimate of drug-likeness (QED) is 0.823. The van der Waals surface area contributed by atoms with Crippen LogP contribution in [0.2, 0.25) is 0 Å². The summed E-state index contributed by atoms with van der Waals surface area (Å²) in [6.07, 6.45) is 2.34. The van der Waals surface area contributed by atoms with Crippen molar-refractivity contribution in [2.45, 2.75) is 33.6 Å². The zero-order valence-electron chi connectivity index (χ0n) is 14.0. The number of aromatic nitrogens is 1. The largest absolute Gasteiger partial charge is 0.511 e. The van der Waals surface area contributed by atoms with E-state index < -0.39 is 0 Å². The van der Waals surface area contributed by atoms with Crippen molar-refractivity contribution in [3.8, 4) is 5.75 Å². The molecule has 1 aliphatic rings. The minimum Gasteiger partial charge on any atom is -0.511 e. The topological polar surface area (TPSA) is 71.8 Å². The van der Waals surface area contributed by atoms with Crippen molar-refractivity contribution >= 4 is 38.7 Å². The van der Waals surface area contributed by atoms with Crippen LogP contribution in [0.3, 0.4) is 0 Å². The van der Waals surface area contributed by atoms with Gasteiger partial charge in [-0.25, -0.2) is 9.98 Å². The third-order valence-electron chi connectivity index (χ3n) is 3.86. The number of rotatable bonds is 4. The Morgan fingerprint density at radius 1 is 1.42 bits per heavy atom. The number of nitrogens with zero attached hydrogens (tertiary/aromatic N) is 2. The number of allylic oxidation sites excluding steroid dienone is 2. The van der Waals surface area contributed by atoms with E-state index in [1.807, 2.05) is 39.0 Å². The lowest BCUT2D eigenvalue weighted by Gasteiger charge is -2.28. The Kier molecular flexibility index (Phi) is 4.41. The highest BCUT2D eigenvalue weighted by Crippen LogP contribution is 2.36. The molecule has 1 aromatic carbocycles. The van der Waals surface area contributed by atoms with Gasteiger partial charge in [-0.15, -0.1) is 0 Å². The van der Waals surface area contributed by atoms with Crippen LogP contribution in [0.1, 0.15) is 33.6 Å². The summed E-state index contributed by atoms with van der Waals surface area (Å²) in [5, 5.41) is 10.7. The summed E-state index contributed by atoms with van der Waals surface area (Å²) in [6.45, 7) is 6.49.